The third-order valence-electron chi connectivity index (χ3n) is 2.61. The van der Waals surface area contributed by atoms with Crippen molar-refractivity contribution in [1.82, 2.24) is 10.3 Å². The van der Waals surface area contributed by atoms with Crippen LogP contribution in [0.3, 0.4) is 0 Å². The average Bonchev–Trinajstić information content (AvgIpc) is 2.52. The number of hydrogen-bond donors (Lipinski definition) is 1. The first-order chi connectivity index (χ1) is 10.1. The molecule has 1 amide bonds. The van der Waals surface area contributed by atoms with Crippen molar-refractivity contribution >= 4 is 27.8 Å². The van der Waals surface area contributed by atoms with E-state index in [4.69, 9.17) is 4.74 Å². The van der Waals surface area contributed by atoms with E-state index in [0.29, 0.717) is 11.3 Å². The molecule has 2 aromatic rings. The van der Waals surface area contributed by atoms with Gasteiger partial charge in [0.25, 0.3) is 5.91 Å². The lowest BCUT2D eigenvalue weighted by atomic mass is 10.2. The highest BCUT2D eigenvalue weighted by Gasteiger charge is 2.09. The van der Waals surface area contributed by atoms with Crippen LogP contribution in [0, 0.1) is 0 Å². The summed E-state index contributed by atoms with van der Waals surface area (Å²) in [5, 5.41) is 2.51. The molecule has 0 aliphatic rings. The minimum atomic E-state index is -0.508. The molecule has 21 heavy (non-hydrogen) atoms. The number of amides is 1. The zero-order valence-electron chi connectivity index (χ0n) is 11.1. The van der Waals surface area contributed by atoms with E-state index in [0.717, 1.165) is 4.47 Å². The Bertz CT molecular complexity index is 615. The molecule has 0 saturated carbocycles. The Morgan fingerprint density at radius 3 is 2.57 bits per heavy atom. The molecule has 6 heteroatoms. The Hall–Kier alpha value is -2.21. The van der Waals surface area contributed by atoms with Gasteiger partial charge in [0.15, 0.2) is 0 Å². The molecule has 2 rings (SSSR count). The fourth-order valence-electron chi connectivity index (χ4n) is 1.54. The van der Waals surface area contributed by atoms with Gasteiger partial charge in [0.1, 0.15) is 13.2 Å². The zero-order valence-corrected chi connectivity index (χ0v) is 12.7. The highest BCUT2D eigenvalue weighted by Crippen LogP contribution is 2.10. The normalized spacial score (nSPS) is 9.95. The summed E-state index contributed by atoms with van der Waals surface area (Å²) in [5.74, 6) is -0.830. The molecule has 1 aromatic heterocycles. The molecule has 0 aliphatic heterocycles. The fraction of sp³-hybridized carbons (Fsp3) is 0.133. The number of aromatic nitrogens is 1. The number of rotatable bonds is 5. The molecule has 0 aliphatic carbocycles. The van der Waals surface area contributed by atoms with Crippen LogP contribution in [0.1, 0.15) is 16.1 Å². The Kier molecular flexibility index (Phi) is 5.45. The molecule has 5 nitrogen and oxygen atoms in total. The summed E-state index contributed by atoms with van der Waals surface area (Å²) in [7, 11) is 0. The number of nitrogens with zero attached hydrogens (tertiary/aromatic N) is 1. The highest BCUT2D eigenvalue weighted by atomic mass is 79.9. The van der Waals surface area contributed by atoms with Crippen LogP contribution in [-0.2, 0) is 16.1 Å². The van der Waals surface area contributed by atoms with E-state index in [1.54, 1.807) is 42.6 Å². The monoisotopic (exact) mass is 348 g/mol. The molecule has 0 fully saturated rings. The van der Waals surface area contributed by atoms with Crippen LogP contribution in [0.5, 0.6) is 0 Å². The van der Waals surface area contributed by atoms with Gasteiger partial charge in [-0.3, -0.25) is 14.6 Å². The van der Waals surface area contributed by atoms with Crippen molar-refractivity contribution in [2.24, 2.45) is 0 Å². The summed E-state index contributed by atoms with van der Waals surface area (Å²) in [4.78, 5) is 27.4. The largest absolute Gasteiger partial charge is 0.458 e. The topological polar surface area (TPSA) is 68.3 Å². The maximum Gasteiger partial charge on any atom is 0.325 e. The maximum absolute atomic E-state index is 11.8. The molecule has 0 saturated heterocycles. The fourth-order valence-corrected chi connectivity index (χ4v) is 1.81. The van der Waals surface area contributed by atoms with Gasteiger partial charge in [-0.2, -0.15) is 0 Å². The van der Waals surface area contributed by atoms with Crippen LogP contribution in [0.4, 0.5) is 0 Å². The number of benzene rings is 1. The number of carbonyl (C=O) groups excluding carboxylic acids is 2. The second-order valence-corrected chi connectivity index (χ2v) is 5.09. The number of pyridine rings is 1. The van der Waals surface area contributed by atoms with Crippen molar-refractivity contribution in [3.8, 4) is 0 Å². The SMILES string of the molecule is O=C(CNC(=O)c1ccc(Br)cc1)OCc1ccccn1. The van der Waals surface area contributed by atoms with Crippen LogP contribution in [-0.4, -0.2) is 23.4 Å². The maximum atomic E-state index is 11.8. The first kappa shape index (κ1) is 15.2. The van der Waals surface area contributed by atoms with Crippen molar-refractivity contribution in [3.63, 3.8) is 0 Å². The van der Waals surface area contributed by atoms with Crippen molar-refractivity contribution in [3.05, 3.63) is 64.4 Å². The lowest BCUT2D eigenvalue weighted by molar-refractivity contribution is -0.143. The van der Waals surface area contributed by atoms with Crippen molar-refractivity contribution < 1.29 is 14.3 Å². The van der Waals surface area contributed by atoms with Gasteiger partial charge in [-0.1, -0.05) is 22.0 Å². The molecule has 0 bridgehead atoms. The lowest BCUT2D eigenvalue weighted by Gasteiger charge is -2.06. The van der Waals surface area contributed by atoms with E-state index in [1.165, 1.54) is 0 Å². The number of ether oxygens (including phenoxy) is 1. The van der Waals surface area contributed by atoms with Gasteiger partial charge < -0.3 is 10.1 Å². The van der Waals surface area contributed by atoms with Gasteiger partial charge in [-0.05, 0) is 36.4 Å². The summed E-state index contributed by atoms with van der Waals surface area (Å²) in [6.45, 7) is -0.0877. The van der Waals surface area contributed by atoms with Gasteiger partial charge in [-0.15, -0.1) is 0 Å². The number of esters is 1. The van der Waals surface area contributed by atoms with Gasteiger partial charge in [0.05, 0.1) is 5.69 Å². The van der Waals surface area contributed by atoms with E-state index in [-0.39, 0.29) is 19.1 Å². The number of halogens is 1. The van der Waals surface area contributed by atoms with Gasteiger partial charge in [0.2, 0.25) is 0 Å². The average molecular weight is 349 g/mol. The Balaban J connectivity index is 1.76. The van der Waals surface area contributed by atoms with Crippen LogP contribution >= 0.6 is 15.9 Å². The summed E-state index contributed by atoms with van der Waals surface area (Å²) >= 11 is 3.29. The molecule has 0 unspecified atom stereocenters. The molecular weight excluding hydrogens is 336 g/mol. The Labute approximate surface area is 130 Å². The number of nitrogens with one attached hydrogen (secondary N) is 1. The van der Waals surface area contributed by atoms with E-state index in [2.05, 4.69) is 26.2 Å². The zero-order chi connectivity index (χ0) is 15.1. The van der Waals surface area contributed by atoms with Crippen LogP contribution in [0.25, 0.3) is 0 Å². The molecule has 1 N–H and O–H groups in total. The standard InChI is InChI=1S/C15H13BrN2O3/c16-12-6-4-11(5-7-12)15(20)18-9-14(19)21-10-13-3-1-2-8-17-13/h1-8H,9-10H2,(H,18,20). The predicted octanol–water partition coefficient (Wildman–Crippen LogP) is 2.32. The van der Waals surface area contributed by atoms with Crippen molar-refractivity contribution in [2.75, 3.05) is 6.54 Å². The van der Waals surface area contributed by atoms with Crippen LogP contribution in [0.15, 0.2) is 53.1 Å². The Morgan fingerprint density at radius 1 is 1.14 bits per heavy atom. The quantitative estimate of drug-likeness (QED) is 0.842. The van der Waals surface area contributed by atoms with E-state index in [1.807, 2.05) is 6.07 Å². The molecule has 0 spiro atoms. The van der Waals surface area contributed by atoms with Crippen molar-refractivity contribution in [2.45, 2.75) is 6.61 Å². The van der Waals surface area contributed by atoms with Crippen LogP contribution in [0.2, 0.25) is 0 Å². The summed E-state index contributed by atoms with van der Waals surface area (Å²) in [5.41, 5.74) is 1.14. The third-order valence-corrected chi connectivity index (χ3v) is 3.14. The number of carbonyl (C=O) groups is 2. The molecule has 0 atom stereocenters. The van der Waals surface area contributed by atoms with Crippen LogP contribution < -0.4 is 5.32 Å². The molecule has 1 heterocycles. The summed E-state index contributed by atoms with van der Waals surface area (Å²) in [6.07, 6.45) is 1.62. The number of hydrogen-bond acceptors (Lipinski definition) is 4. The Morgan fingerprint density at radius 2 is 1.90 bits per heavy atom. The van der Waals surface area contributed by atoms with E-state index >= 15 is 0 Å². The van der Waals surface area contributed by atoms with Crippen molar-refractivity contribution in [1.29, 1.82) is 0 Å². The van der Waals surface area contributed by atoms with E-state index in [9.17, 15) is 9.59 Å². The van der Waals surface area contributed by atoms with Gasteiger partial charge in [-0.25, -0.2) is 0 Å². The minimum Gasteiger partial charge on any atom is -0.458 e. The molecule has 1 aromatic carbocycles. The smallest absolute Gasteiger partial charge is 0.325 e. The second kappa shape index (κ2) is 7.54. The molecular formula is C15H13BrN2O3. The summed E-state index contributed by atoms with van der Waals surface area (Å²) < 4.78 is 5.89. The second-order valence-electron chi connectivity index (χ2n) is 4.17. The lowest BCUT2D eigenvalue weighted by Crippen LogP contribution is -2.30. The van der Waals surface area contributed by atoms with Gasteiger partial charge >= 0.3 is 5.97 Å². The molecule has 108 valence electrons. The first-order valence-corrected chi connectivity index (χ1v) is 7.04. The predicted molar refractivity (Wildman–Crippen MR) is 80.5 cm³/mol. The first-order valence-electron chi connectivity index (χ1n) is 6.24. The van der Waals surface area contributed by atoms with Gasteiger partial charge in [0, 0.05) is 16.2 Å². The molecule has 0 radical (unpaired) electrons. The minimum absolute atomic E-state index is 0.0911. The van der Waals surface area contributed by atoms with E-state index < -0.39 is 5.97 Å². The highest BCUT2D eigenvalue weighted by molar-refractivity contribution is 9.10. The summed E-state index contributed by atoms with van der Waals surface area (Å²) in [6, 6.07) is 12.2. The third kappa shape index (κ3) is 5.00.